The van der Waals surface area contributed by atoms with Crippen molar-refractivity contribution in [3.8, 4) is 0 Å². The van der Waals surface area contributed by atoms with Gasteiger partial charge >= 0.3 is 6.09 Å². The van der Waals surface area contributed by atoms with E-state index in [1.165, 1.54) is 55.6 Å². The Kier molecular flexibility index (Phi) is 6.23. The van der Waals surface area contributed by atoms with Crippen LogP contribution in [0.25, 0.3) is 0 Å². The van der Waals surface area contributed by atoms with Crippen LogP contribution in [0.5, 0.6) is 0 Å². The van der Waals surface area contributed by atoms with Crippen LogP contribution in [0.4, 0.5) is 4.79 Å². The van der Waals surface area contributed by atoms with Crippen LogP contribution in [-0.4, -0.2) is 36.2 Å². The van der Waals surface area contributed by atoms with Gasteiger partial charge in [0.05, 0.1) is 6.04 Å². The standard InChI is InChI=1S/C22H34N2O2/c1-22(2,3)26-21(25)23-20-9-7-8-18-16-17(10-11-19(18)20)12-15-24-13-5-4-6-14-24/h10-11,16,20H,4-9,12-15H2,1-3H3,(H,23,25)/t20-/m1/s1. The summed E-state index contributed by atoms with van der Waals surface area (Å²) in [7, 11) is 0. The number of nitrogens with zero attached hydrogens (tertiary/aromatic N) is 1. The van der Waals surface area contributed by atoms with E-state index in [9.17, 15) is 4.79 Å². The maximum atomic E-state index is 12.1. The number of ether oxygens (including phenoxy) is 1. The maximum Gasteiger partial charge on any atom is 0.408 e. The van der Waals surface area contributed by atoms with Gasteiger partial charge in [-0.25, -0.2) is 4.79 Å². The highest BCUT2D eigenvalue weighted by Gasteiger charge is 2.24. The first-order chi connectivity index (χ1) is 12.4. The Morgan fingerprint density at radius 3 is 2.69 bits per heavy atom. The number of carbonyl (C=O) groups excluding carboxylic acids is 1. The first kappa shape index (κ1) is 19.2. The molecule has 3 rings (SSSR count). The number of alkyl carbamates (subject to hydrolysis) is 1. The zero-order valence-electron chi connectivity index (χ0n) is 16.6. The van der Waals surface area contributed by atoms with Crippen molar-refractivity contribution < 1.29 is 9.53 Å². The fourth-order valence-electron chi connectivity index (χ4n) is 4.09. The van der Waals surface area contributed by atoms with E-state index in [1.807, 2.05) is 20.8 Å². The largest absolute Gasteiger partial charge is 0.444 e. The van der Waals surface area contributed by atoms with Crippen molar-refractivity contribution in [1.82, 2.24) is 10.2 Å². The second-order valence-corrected chi connectivity index (χ2v) is 8.78. The van der Waals surface area contributed by atoms with E-state index in [2.05, 4.69) is 28.4 Å². The number of hydrogen-bond donors (Lipinski definition) is 1. The highest BCUT2D eigenvalue weighted by atomic mass is 16.6. The fraction of sp³-hybridized carbons (Fsp3) is 0.682. The van der Waals surface area contributed by atoms with E-state index in [0.717, 1.165) is 25.7 Å². The molecule has 1 N–H and O–H groups in total. The number of nitrogens with one attached hydrogen (secondary N) is 1. The average Bonchev–Trinajstić information content (AvgIpc) is 2.59. The minimum Gasteiger partial charge on any atom is -0.444 e. The minimum atomic E-state index is -0.458. The van der Waals surface area contributed by atoms with Crippen molar-refractivity contribution in [2.75, 3.05) is 19.6 Å². The fourth-order valence-corrected chi connectivity index (χ4v) is 4.09. The number of benzene rings is 1. The van der Waals surface area contributed by atoms with Crippen LogP contribution < -0.4 is 5.32 Å². The summed E-state index contributed by atoms with van der Waals surface area (Å²) in [5.41, 5.74) is 3.63. The second kappa shape index (κ2) is 8.43. The third-order valence-electron chi connectivity index (χ3n) is 5.38. The molecule has 1 aromatic rings. The molecule has 26 heavy (non-hydrogen) atoms. The monoisotopic (exact) mass is 358 g/mol. The van der Waals surface area contributed by atoms with Crippen LogP contribution in [-0.2, 0) is 17.6 Å². The van der Waals surface area contributed by atoms with Crippen molar-refractivity contribution in [3.05, 3.63) is 34.9 Å². The summed E-state index contributed by atoms with van der Waals surface area (Å²) in [6, 6.07) is 6.91. The normalized spacial score (nSPS) is 21.1. The molecule has 0 spiro atoms. The van der Waals surface area contributed by atoms with Crippen LogP contribution in [0.3, 0.4) is 0 Å². The first-order valence-electron chi connectivity index (χ1n) is 10.2. The predicted molar refractivity (Wildman–Crippen MR) is 105 cm³/mol. The Bertz CT molecular complexity index is 615. The lowest BCUT2D eigenvalue weighted by Crippen LogP contribution is -2.36. The van der Waals surface area contributed by atoms with Crippen LogP contribution in [0, 0.1) is 0 Å². The van der Waals surface area contributed by atoms with Crippen LogP contribution in [0.2, 0.25) is 0 Å². The van der Waals surface area contributed by atoms with E-state index >= 15 is 0 Å². The Morgan fingerprint density at radius 2 is 1.96 bits per heavy atom. The molecule has 0 bridgehead atoms. The molecule has 1 amide bonds. The van der Waals surface area contributed by atoms with Crippen molar-refractivity contribution in [2.45, 2.75) is 77.4 Å². The van der Waals surface area contributed by atoms with Crippen molar-refractivity contribution in [3.63, 3.8) is 0 Å². The topological polar surface area (TPSA) is 41.6 Å². The molecular weight excluding hydrogens is 324 g/mol. The molecular formula is C22H34N2O2. The Hall–Kier alpha value is -1.55. The number of rotatable bonds is 4. The first-order valence-corrected chi connectivity index (χ1v) is 10.2. The molecule has 1 aliphatic carbocycles. The molecule has 1 aromatic carbocycles. The predicted octanol–water partition coefficient (Wildman–Crippen LogP) is 4.62. The molecule has 1 aliphatic heterocycles. The molecule has 0 radical (unpaired) electrons. The summed E-state index contributed by atoms with van der Waals surface area (Å²) in [6.07, 6.45) is 8.11. The van der Waals surface area contributed by atoms with Gasteiger partial charge in [-0.3, -0.25) is 0 Å². The molecule has 0 unspecified atom stereocenters. The maximum absolute atomic E-state index is 12.1. The molecule has 4 nitrogen and oxygen atoms in total. The molecule has 2 aliphatic rings. The number of hydrogen-bond acceptors (Lipinski definition) is 3. The zero-order chi connectivity index (χ0) is 18.6. The van der Waals surface area contributed by atoms with Crippen molar-refractivity contribution in [2.24, 2.45) is 0 Å². The number of carbonyl (C=O) groups is 1. The molecule has 1 heterocycles. The van der Waals surface area contributed by atoms with Gasteiger partial charge in [-0.2, -0.15) is 0 Å². The second-order valence-electron chi connectivity index (χ2n) is 8.78. The molecule has 1 fully saturated rings. The third-order valence-corrected chi connectivity index (χ3v) is 5.38. The Labute approximate surface area is 158 Å². The molecule has 0 saturated carbocycles. The lowest BCUT2D eigenvalue weighted by molar-refractivity contribution is 0.0498. The SMILES string of the molecule is CC(C)(C)OC(=O)N[C@@H]1CCCc2cc(CCN3CCCCC3)ccc21. The van der Waals surface area contributed by atoms with Gasteiger partial charge in [-0.15, -0.1) is 0 Å². The molecule has 0 aromatic heterocycles. The van der Waals surface area contributed by atoms with Gasteiger partial charge in [-0.1, -0.05) is 24.6 Å². The van der Waals surface area contributed by atoms with E-state index in [-0.39, 0.29) is 12.1 Å². The summed E-state index contributed by atoms with van der Waals surface area (Å²) in [4.78, 5) is 14.7. The van der Waals surface area contributed by atoms with Gasteiger partial charge in [0, 0.05) is 6.54 Å². The van der Waals surface area contributed by atoms with E-state index in [4.69, 9.17) is 4.74 Å². The molecule has 1 saturated heterocycles. The summed E-state index contributed by atoms with van der Waals surface area (Å²) in [5, 5.41) is 3.07. The van der Waals surface area contributed by atoms with Gasteiger partial charge in [0.2, 0.25) is 0 Å². The van der Waals surface area contributed by atoms with Crippen LogP contribution >= 0.6 is 0 Å². The lowest BCUT2D eigenvalue weighted by atomic mass is 9.86. The number of piperidine rings is 1. The Balaban J connectivity index is 1.60. The van der Waals surface area contributed by atoms with Gasteiger partial charge in [0.25, 0.3) is 0 Å². The van der Waals surface area contributed by atoms with Gasteiger partial charge in [-0.05, 0) is 89.1 Å². The third kappa shape index (κ3) is 5.47. The number of aryl methyl sites for hydroxylation is 1. The van der Waals surface area contributed by atoms with Gasteiger partial charge in [0.15, 0.2) is 0 Å². The molecule has 144 valence electrons. The quantitative estimate of drug-likeness (QED) is 0.854. The number of likely N-dealkylation sites (tertiary alicyclic amines) is 1. The van der Waals surface area contributed by atoms with Gasteiger partial charge in [0.1, 0.15) is 5.60 Å². The van der Waals surface area contributed by atoms with E-state index in [1.54, 1.807) is 0 Å². The summed E-state index contributed by atoms with van der Waals surface area (Å²) >= 11 is 0. The van der Waals surface area contributed by atoms with Crippen LogP contribution in [0.1, 0.15) is 75.6 Å². The summed E-state index contributed by atoms with van der Waals surface area (Å²) in [6.45, 7) is 9.38. The number of amides is 1. The Morgan fingerprint density at radius 1 is 1.19 bits per heavy atom. The summed E-state index contributed by atoms with van der Waals surface area (Å²) in [5.74, 6) is 0. The van der Waals surface area contributed by atoms with Crippen LogP contribution in [0.15, 0.2) is 18.2 Å². The lowest BCUT2D eigenvalue weighted by Gasteiger charge is -2.29. The van der Waals surface area contributed by atoms with Crippen molar-refractivity contribution >= 4 is 6.09 Å². The zero-order valence-corrected chi connectivity index (χ0v) is 16.6. The smallest absolute Gasteiger partial charge is 0.408 e. The molecule has 1 atom stereocenters. The van der Waals surface area contributed by atoms with E-state index in [0.29, 0.717) is 0 Å². The molecule has 4 heteroatoms. The number of fused-ring (bicyclic) bond motifs is 1. The summed E-state index contributed by atoms with van der Waals surface area (Å²) < 4.78 is 5.43. The van der Waals surface area contributed by atoms with Gasteiger partial charge < -0.3 is 15.0 Å². The average molecular weight is 359 g/mol. The van der Waals surface area contributed by atoms with Crippen molar-refractivity contribution in [1.29, 1.82) is 0 Å². The van der Waals surface area contributed by atoms with E-state index < -0.39 is 5.60 Å². The highest BCUT2D eigenvalue weighted by Crippen LogP contribution is 2.31. The minimum absolute atomic E-state index is 0.0738. The highest BCUT2D eigenvalue weighted by molar-refractivity contribution is 5.68.